The molecule has 0 radical (unpaired) electrons. The summed E-state index contributed by atoms with van der Waals surface area (Å²) >= 11 is 14.1. The van der Waals surface area contributed by atoms with Gasteiger partial charge in [-0.3, -0.25) is 4.79 Å². The van der Waals surface area contributed by atoms with Gasteiger partial charge < -0.3 is 10.0 Å². The Kier molecular flexibility index (Phi) is 8.63. The summed E-state index contributed by atoms with van der Waals surface area (Å²) in [6, 6.07) is 11.8. The van der Waals surface area contributed by atoms with E-state index in [1.807, 2.05) is 17.0 Å². The molecule has 4 nitrogen and oxygen atoms in total. The molecule has 8 heteroatoms. The van der Waals surface area contributed by atoms with Crippen molar-refractivity contribution >= 4 is 52.5 Å². The maximum atomic E-state index is 13.7. The molecule has 0 saturated heterocycles. The molecule has 0 amide bonds. The summed E-state index contributed by atoms with van der Waals surface area (Å²) in [5.41, 5.74) is 2.45. The minimum atomic E-state index is -0.890. The average Bonchev–Trinajstić information content (AvgIpc) is 2.73. The monoisotopic (exact) mass is 494 g/mol. The molecule has 0 aliphatic carbocycles. The number of carboxylic acids is 1. The van der Waals surface area contributed by atoms with Crippen molar-refractivity contribution in [3.8, 4) is 0 Å². The molecule has 3 rings (SSSR count). The zero-order valence-electron chi connectivity index (χ0n) is 17.9. The van der Waals surface area contributed by atoms with Crippen molar-refractivity contribution in [2.24, 2.45) is 10.9 Å². The highest BCUT2D eigenvalue weighted by Gasteiger charge is 2.23. The van der Waals surface area contributed by atoms with E-state index in [1.54, 1.807) is 30.0 Å². The predicted octanol–water partition coefficient (Wildman–Crippen LogP) is 6.97. The van der Waals surface area contributed by atoms with E-state index in [-0.39, 0.29) is 18.8 Å². The smallest absolute Gasteiger partial charge is 0.305 e. The number of thioether (sulfide) groups is 1. The highest BCUT2D eigenvalue weighted by atomic mass is 35.5. The van der Waals surface area contributed by atoms with Crippen molar-refractivity contribution in [3.63, 3.8) is 0 Å². The number of carboxylic acid groups (broad SMARTS) is 1. The molecular weight excluding hydrogens is 470 g/mol. The summed E-state index contributed by atoms with van der Waals surface area (Å²) in [4.78, 5) is 19.3. The zero-order chi connectivity index (χ0) is 23.3. The third kappa shape index (κ3) is 6.74. The van der Waals surface area contributed by atoms with Crippen LogP contribution in [-0.4, -0.2) is 34.1 Å². The van der Waals surface area contributed by atoms with Crippen LogP contribution in [0.3, 0.4) is 0 Å². The lowest BCUT2D eigenvalue weighted by Crippen LogP contribution is -2.35. The first-order valence-electron chi connectivity index (χ1n) is 10.3. The highest BCUT2D eigenvalue weighted by Crippen LogP contribution is 2.38. The van der Waals surface area contributed by atoms with Crippen LogP contribution in [-0.2, 0) is 11.3 Å². The standard InChI is InChI=1S/C24H25Cl2FN2O2S/c1-15(2)10-21-24(17-6-7-19(25)20(26)12-17)28-22(14-32-21)29(9-8-23(30)31)13-16-4-3-5-18(27)11-16/h3-7,11-12,15H,8-10,13-14H2,1-2H3,(H,30,31). The average molecular weight is 495 g/mol. The number of nitrogens with zero attached hydrogens (tertiary/aromatic N) is 2. The number of hydrogen-bond donors (Lipinski definition) is 1. The topological polar surface area (TPSA) is 52.9 Å². The summed E-state index contributed by atoms with van der Waals surface area (Å²) in [6.07, 6.45) is 0.833. The fraction of sp³-hybridized carbons (Fsp3) is 0.333. The molecule has 1 aliphatic heterocycles. The Morgan fingerprint density at radius 3 is 2.66 bits per heavy atom. The second-order valence-corrected chi connectivity index (χ2v) is 9.90. The van der Waals surface area contributed by atoms with Crippen LogP contribution in [0.5, 0.6) is 0 Å². The fourth-order valence-corrected chi connectivity index (χ4v) is 4.99. The summed E-state index contributed by atoms with van der Waals surface area (Å²) in [7, 11) is 0. The van der Waals surface area contributed by atoms with Crippen LogP contribution in [0.2, 0.25) is 10.0 Å². The maximum absolute atomic E-state index is 13.7. The lowest BCUT2D eigenvalue weighted by atomic mass is 10.1. The van der Waals surface area contributed by atoms with Crippen molar-refractivity contribution in [2.45, 2.75) is 33.2 Å². The van der Waals surface area contributed by atoms with E-state index in [0.717, 1.165) is 34.0 Å². The molecule has 32 heavy (non-hydrogen) atoms. The number of aliphatic carboxylic acids is 1. The van der Waals surface area contributed by atoms with Crippen LogP contribution in [0.15, 0.2) is 52.4 Å². The Balaban J connectivity index is 2.00. The molecule has 1 heterocycles. The zero-order valence-corrected chi connectivity index (χ0v) is 20.3. The van der Waals surface area contributed by atoms with E-state index in [0.29, 0.717) is 28.3 Å². The third-order valence-electron chi connectivity index (χ3n) is 4.89. The molecule has 0 spiro atoms. The largest absolute Gasteiger partial charge is 0.481 e. The van der Waals surface area contributed by atoms with Gasteiger partial charge in [0, 0.05) is 23.6 Å². The molecule has 2 aromatic carbocycles. The number of rotatable bonds is 8. The second-order valence-electron chi connectivity index (χ2n) is 8.01. The van der Waals surface area contributed by atoms with Gasteiger partial charge in [-0.1, -0.05) is 55.2 Å². The van der Waals surface area contributed by atoms with Gasteiger partial charge in [-0.25, -0.2) is 9.38 Å². The van der Waals surface area contributed by atoms with Gasteiger partial charge in [0.15, 0.2) is 0 Å². The highest BCUT2D eigenvalue weighted by molar-refractivity contribution is 8.04. The van der Waals surface area contributed by atoms with E-state index in [9.17, 15) is 14.3 Å². The molecule has 1 aliphatic rings. The summed E-state index contributed by atoms with van der Waals surface area (Å²) < 4.78 is 13.7. The van der Waals surface area contributed by atoms with Gasteiger partial charge in [-0.15, -0.1) is 11.8 Å². The van der Waals surface area contributed by atoms with Crippen LogP contribution in [0.1, 0.15) is 37.8 Å². The minimum absolute atomic E-state index is 0.0380. The van der Waals surface area contributed by atoms with Crippen molar-refractivity contribution in [2.75, 3.05) is 12.3 Å². The molecule has 0 bridgehead atoms. The number of amidine groups is 1. The van der Waals surface area contributed by atoms with Gasteiger partial charge in [0.2, 0.25) is 0 Å². The quantitative estimate of drug-likeness (QED) is 0.430. The van der Waals surface area contributed by atoms with E-state index < -0.39 is 5.97 Å². The summed E-state index contributed by atoms with van der Waals surface area (Å²) in [5.74, 6) is 0.605. The second kappa shape index (κ2) is 11.2. The van der Waals surface area contributed by atoms with Crippen LogP contribution >= 0.6 is 35.0 Å². The first-order chi connectivity index (χ1) is 15.2. The number of hydrogen-bond acceptors (Lipinski definition) is 4. The maximum Gasteiger partial charge on any atom is 0.305 e. The van der Waals surface area contributed by atoms with Crippen molar-refractivity contribution in [1.29, 1.82) is 0 Å². The first kappa shape index (κ1) is 24.6. The van der Waals surface area contributed by atoms with Gasteiger partial charge in [0.25, 0.3) is 0 Å². The Morgan fingerprint density at radius 1 is 1.22 bits per heavy atom. The molecule has 2 aromatic rings. The lowest BCUT2D eigenvalue weighted by molar-refractivity contribution is -0.137. The number of halogens is 3. The molecule has 0 aromatic heterocycles. The Labute approximate surface area is 202 Å². The van der Waals surface area contributed by atoms with Crippen molar-refractivity contribution in [3.05, 3.63) is 74.4 Å². The minimum Gasteiger partial charge on any atom is -0.481 e. The molecule has 170 valence electrons. The van der Waals surface area contributed by atoms with Gasteiger partial charge in [0.05, 0.1) is 27.9 Å². The number of allylic oxidation sites excluding steroid dienone is 1. The molecule has 0 atom stereocenters. The Morgan fingerprint density at radius 2 is 2.00 bits per heavy atom. The predicted molar refractivity (Wildman–Crippen MR) is 132 cm³/mol. The van der Waals surface area contributed by atoms with Crippen LogP contribution < -0.4 is 0 Å². The fourth-order valence-electron chi connectivity index (χ4n) is 3.39. The Hall–Kier alpha value is -2.02. The van der Waals surface area contributed by atoms with E-state index in [4.69, 9.17) is 28.2 Å². The lowest BCUT2D eigenvalue weighted by Gasteiger charge is -2.30. The van der Waals surface area contributed by atoms with Crippen molar-refractivity contribution < 1.29 is 14.3 Å². The molecule has 1 N–H and O–H groups in total. The number of aliphatic imine (C=N–C) groups is 1. The normalized spacial score (nSPS) is 14.0. The number of carbonyl (C=O) groups is 1. The molecule has 0 saturated carbocycles. The Bertz CT molecular complexity index is 1060. The van der Waals surface area contributed by atoms with E-state index in [2.05, 4.69) is 13.8 Å². The summed E-state index contributed by atoms with van der Waals surface area (Å²) in [5, 5.41) is 10.2. The van der Waals surface area contributed by atoms with Gasteiger partial charge in [0.1, 0.15) is 11.7 Å². The van der Waals surface area contributed by atoms with Crippen molar-refractivity contribution in [1.82, 2.24) is 4.90 Å². The SMILES string of the molecule is CC(C)CC1=C(c2ccc(Cl)c(Cl)c2)N=C(N(CCC(=O)O)Cc2cccc(F)c2)CS1. The van der Waals surface area contributed by atoms with Gasteiger partial charge in [-0.05, 0) is 42.2 Å². The number of benzene rings is 2. The molecule has 0 fully saturated rings. The van der Waals surface area contributed by atoms with E-state index in [1.165, 1.54) is 12.1 Å². The van der Waals surface area contributed by atoms with E-state index >= 15 is 0 Å². The van der Waals surface area contributed by atoms with Crippen LogP contribution in [0.25, 0.3) is 5.70 Å². The third-order valence-corrected chi connectivity index (χ3v) is 6.74. The van der Waals surface area contributed by atoms with Gasteiger partial charge in [-0.2, -0.15) is 0 Å². The van der Waals surface area contributed by atoms with Crippen LogP contribution in [0, 0.1) is 11.7 Å². The van der Waals surface area contributed by atoms with Gasteiger partial charge >= 0.3 is 5.97 Å². The molecule has 0 unspecified atom stereocenters. The summed E-state index contributed by atoms with van der Waals surface area (Å²) in [6.45, 7) is 4.96. The van der Waals surface area contributed by atoms with Crippen LogP contribution in [0.4, 0.5) is 4.39 Å². The molecular formula is C24H25Cl2FN2O2S. The first-order valence-corrected chi connectivity index (χ1v) is 12.1.